The molecule has 2 heterocycles. The fourth-order valence-electron chi connectivity index (χ4n) is 1.91. The Morgan fingerprint density at radius 1 is 1.56 bits per heavy atom. The van der Waals surface area contributed by atoms with Gasteiger partial charge in [0.15, 0.2) is 9.84 Å². The Labute approximate surface area is 104 Å². The normalized spacial score (nSPS) is 21.7. The summed E-state index contributed by atoms with van der Waals surface area (Å²) in [6.07, 6.45) is 1.91. The molecule has 0 aromatic carbocycles. The molecule has 1 fully saturated rings. The van der Waals surface area contributed by atoms with E-state index < -0.39 is 14.8 Å². The van der Waals surface area contributed by atoms with Crippen molar-refractivity contribution in [3.05, 3.63) is 27.9 Å². The van der Waals surface area contributed by atoms with Crippen LogP contribution in [0, 0.1) is 17.0 Å². The lowest BCUT2D eigenvalue weighted by atomic mass is 10.2. The molecule has 1 unspecified atom stereocenters. The van der Waals surface area contributed by atoms with Gasteiger partial charge < -0.3 is 5.32 Å². The van der Waals surface area contributed by atoms with Gasteiger partial charge in [-0.25, -0.2) is 13.4 Å². The fraction of sp³-hybridized carbons (Fsp3) is 0.500. The molecule has 1 atom stereocenters. The zero-order valence-electron chi connectivity index (χ0n) is 9.79. The summed E-state index contributed by atoms with van der Waals surface area (Å²) < 4.78 is 22.6. The van der Waals surface area contributed by atoms with Crippen LogP contribution in [0.1, 0.15) is 12.0 Å². The lowest BCUT2D eigenvalue weighted by Crippen LogP contribution is -2.21. The molecule has 0 spiro atoms. The third-order valence-electron chi connectivity index (χ3n) is 2.86. The first-order valence-electron chi connectivity index (χ1n) is 5.45. The van der Waals surface area contributed by atoms with Crippen LogP contribution in [-0.2, 0) is 9.84 Å². The van der Waals surface area contributed by atoms with Crippen molar-refractivity contribution < 1.29 is 13.3 Å². The monoisotopic (exact) mass is 271 g/mol. The molecule has 0 amide bonds. The van der Waals surface area contributed by atoms with Crippen molar-refractivity contribution in [1.29, 1.82) is 0 Å². The summed E-state index contributed by atoms with van der Waals surface area (Å²) in [7, 11) is -2.97. The maximum atomic E-state index is 11.3. The highest BCUT2D eigenvalue weighted by molar-refractivity contribution is 7.91. The number of anilines is 1. The van der Waals surface area contributed by atoms with Gasteiger partial charge in [0, 0.05) is 17.8 Å². The predicted molar refractivity (Wildman–Crippen MR) is 66.3 cm³/mol. The van der Waals surface area contributed by atoms with Gasteiger partial charge >= 0.3 is 0 Å². The number of rotatable bonds is 3. The molecule has 18 heavy (non-hydrogen) atoms. The average molecular weight is 271 g/mol. The summed E-state index contributed by atoms with van der Waals surface area (Å²) in [4.78, 5) is 14.3. The molecule has 1 N–H and O–H groups in total. The molecule has 98 valence electrons. The first-order chi connectivity index (χ1) is 8.37. The SMILES string of the molecule is Cc1cnc(NC2CCS(=O)(=O)C2)cc1[N+](=O)[O-]. The van der Waals surface area contributed by atoms with Gasteiger partial charge in [-0.2, -0.15) is 0 Å². The van der Waals surface area contributed by atoms with E-state index in [1.54, 1.807) is 6.92 Å². The molecule has 0 radical (unpaired) electrons. The van der Waals surface area contributed by atoms with E-state index in [4.69, 9.17) is 0 Å². The van der Waals surface area contributed by atoms with Gasteiger partial charge in [0.25, 0.3) is 5.69 Å². The van der Waals surface area contributed by atoms with Crippen molar-refractivity contribution >= 4 is 21.3 Å². The number of pyridine rings is 1. The van der Waals surface area contributed by atoms with E-state index in [0.717, 1.165) is 0 Å². The highest BCUT2D eigenvalue weighted by Crippen LogP contribution is 2.22. The molecule has 1 aromatic rings. The highest BCUT2D eigenvalue weighted by Gasteiger charge is 2.28. The number of aromatic nitrogens is 1. The molecular formula is C10H13N3O4S. The molecule has 2 rings (SSSR count). The first-order valence-corrected chi connectivity index (χ1v) is 7.27. The molecular weight excluding hydrogens is 258 g/mol. The molecule has 1 saturated heterocycles. The van der Waals surface area contributed by atoms with Gasteiger partial charge in [-0.3, -0.25) is 10.1 Å². The molecule has 0 aliphatic carbocycles. The van der Waals surface area contributed by atoms with Gasteiger partial charge in [0.1, 0.15) is 5.82 Å². The van der Waals surface area contributed by atoms with Crippen molar-refractivity contribution in [2.24, 2.45) is 0 Å². The molecule has 0 saturated carbocycles. The Morgan fingerprint density at radius 2 is 2.28 bits per heavy atom. The number of hydrogen-bond donors (Lipinski definition) is 1. The van der Waals surface area contributed by atoms with Gasteiger partial charge in [0.2, 0.25) is 0 Å². The lowest BCUT2D eigenvalue weighted by molar-refractivity contribution is -0.385. The number of nitrogens with zero attached hydrogens (tertiary/aromatic N) is 2. The van der Waals surface area contributed by atoms with Gasteiger partial charge in [-0.1, -0.05) is 0 Å². The second-order valence-corrected chi connectivity index (χ2v) is 6.59. The number of hydrogen-bond acceptors (Lipinski definition) is 6. The van der Waals surface area contributed by atoms with Crippen LogP contribution in [0.4, 0.5) is 11.5 Å². The highest BCUT2D eigenvalue weighted by atomic mass is 32.2. The Morgan fingerprint density at radius 3 is 2.83 bits per heavy atom. The topological polar surface area (TPSA) is 102 Å². The summed E-state index contributed by atoms with van der Waals surface area (Å²) in [6, 6.07) is 1.12. The third-order valence-corrected chi connectivity index (χ3v) is 4.62. The van der Waals surface area contributed by atoms with Crippen molar-refractivity contribution in [1.82, 2.24) is 4.98 Å². The van der Waals surface area contributed by atoms with Crippen LogP contribution in [0.25, 0.3) is 0 Å². The molecule has 1 aliphatic rings. The minimum Gasteiger partial charge on any atom is -0.366 e. The van der Waals surface area contributed by atoms with Crippen LogP contribution in [0.3, 0.4) is 0 Å². The van der Waals surface area contributed by atoms with Gasteiger partial charge in [-0.15, -0.1) is 0 Å². The predicted octanol–water partition coefficient (Wildman–Crippen LogP) is 0.897. The number of aryl methyl sites for hydroxylation is 1. The van der Waals surface area contributed by atoms with Crippen molar-refractivity contribution in [3.8, 4) is 0 Å². The minimum atomic E-state index is -2.97. The first kappa shape index (κ1) is 12.7. The standard InChI is InChI=1S/C10H13N3O4S/c1-7-5-11-10(4-9(7)13(14)15)12-8-2-3-18(16,17)6-8/h4-5,8H,2-3,6H2,1H3,(H,11,12). The number of sulfone groups is 1. The Kier molecular flexibility index (Phi) is 3.20. The van der Waals surface area contributed by atoms with Gasteiger partial charge in [-0.05, 0) is 13.3 Å². The Hall–Kier alpha value is -1.70. The molecule has 1 aliphatic heterocycles. The Bertz CT molecular complexity index is 585. The molecule has 7 nitrogen and oxygen atoms in total. The fourth-order valence-corrected chi connectivity index (χ4v) is 3.58. The zero-order chi connectivity index (χ0) is 13.3. The van der Waals surface area contributed by atoms with Gasteiger partial charge in [0.05, 0.1) is 22.5 Å². The second kappa shape index (κ2) is 4.52. The van der Waals surface area contributed by atoms with E-state index in [1.807, 2.05) is 0 Å². The largest absolute Gasteiger partial charge is 0.366 e. The van der Waals surface area contributed by atoms with Crippen molar-refractivity contribution in [3.63, 3.8) is 0 Å². The van der Waals surface area contributed by atoms with Crippen LogP contribution in [0.2, 0.25) is 0 Å². The quantitative estimate of drug-likeness (QED) is 0.647. The van der Waals surface area contributed by atoms with Crippen LogP contribution < -0.4 is 5.32 Å². The molecule has 1 aromatic heterocycles. The maximum Gasteiger partial charge on any atom is 0.277 e. The van der Waals surface area contributed by atoms with E-state index in [0.29, 0.717) is 17.8 Å². The van der Waals surface area contributed by atoms with Crippen molar-refractivity contribution in [2.45, 2.75) is 19.4 Å². The number of nitrogens with one attached hydrogen (secondary N) is 1. The van der Waals surface area contributed by atoms with Crippen LogP contribution in [0.5, 0.6) is 0 Å². The van der Waals surface area contributed by atoms with Crippen LogP contribution in [0.15, 0.2) is 12.3 Å². The second-order valence-electron chi connectivity index (χ2n) is 4.36. The van der Waals surface area contributed by atoms with E-state index in [-0.39, 0.29) is 23.2 Å². The van der Waals surface area contributed by atoms with Crippen LogP contribution in [-0.4, -0.2) is 35.9 Å². The third kappa shape index (κ3) is 2.76. The van der Waals surface area contributed by atoms with Crippen molar-refractivity contribution in [2.75, 3.05) is 16.8 Å². The molecule has 8 heteroatoms. The van der Waals surface area contributed by atoms with E-state index in [2.05, 4.69) is 10.3 Å². The smallest absolute Gasteiger partial charge is 0.277 e. The summed E-state index contributed by atoms with van der Waals surface area (Å²) in [5.74, 6) is 0.545. The zero-order valence-corrected chi connectivity index (χ0v) is 10.6. The summed E-state index contributed by atoms with van der Waals surface area (Å²) in [5, 5.41) is 13.7. The van der Waals surface area contributed by atoms with E-state index >= 15 is 0 Å². The summed E-state index contributed by atoms with van der Waals surface area (Å²) in [5.41, 5.74) is 0.456. The summed E-state index contributed by atoms with van der Waals surface area (Å²) in [6.45, 7) is 1.61. The maximum absolute atomic E-state index is 11.3. The molecule has 0 bridgehead atoms. The minimum absolute atomic E-state index is 0.0200. The summed E-state index contributed by atoms with van der Waals surface area (Å²) >= 11 is 0. The van der Waals surface area contributed by atoms with E-state index in [9.17, 15) is 18.5 Å². The lowest BCUT2D eigenvalue weighted by Gasteiger charge is -2.11. The Balaban J connectivity index is 2.16. The van der Waals surface area contributed by atoms with E-state index in [1.165, 1.54) is 12.3 Å². The number of nitro groups is 1. The van der Waals surface area contributed by atoms with Crippen LogP contribution >= 0.6 is 0 Å². The average Bonchev–Trinajstić information content (AvgIpc) is 2.60.